The van der Waals surface area contributed by atoms with E-state index in [4.69, 9.17) is 0 Å². The first-order valence-corrected chi connectivity index (χ1v) is 7.01. The first kappa shape index (κ1) is 14.4. The molecular formula is C15H18F2N2O2. The predicted molar refractivity (Wildman–Crippen MR) is 72.8 cm³/mol. The zero-order valence-electron chi connectivity index (χ0n) is 11.9. The molecule has 2 saturated heterocycles. The lowest BCUT2D eigenvalue weighted by atomic mass is 9.84. The average Bonchev–Trinajstić information content (AvgIpc) is 2.76. The van der Waals surface area contributed by atoms with Crippen molar-refractivity contribution in [3.63, 3.8) is 0 Å². The number of likely N-dealkylation sites (N-methyl/N-ethyl adjacent to an activating group) is 1. The van der Waals surface area contributed by atoms with Crippen LogP contribution < -0.4 is 0 Å². The van der Waals surface area contributed by atoms with Gasteiger partial charge in [0.1, 0.15) is 0 Å². The van der Waals surface area contributed by atoms with Crippen LogP contribution in [0, 0.1) is 17.6 Å². The molecule has 21 heavy (non-hydrogen) atoms. The zero-order valence-corrected chi connectivity index (χ0v) is 11.9. The van der Waals surface area contributed by atoms with Crippen molar-refractivity contribution in [1.82, 2.24) is 9.80 Å². The molecule has 2 heterocycles. The summed E-state index contributed by atoms with van der Waals surface area (Å²) >= 11 is 0. The Kier molecular flexibility index (Phi) is 3.45. The molecule has 0 bridgehead atoms. The minimum Gasteiger partial charge on any atom is -0.396 e. The summed E-state index contributed by atoms with van der Waals surface area (Å²) in [6, 6.07) is 3.22. The second kappa shape index (κ2) is 5.03. The third-order valence-electron chi connectivity index (χ3n) is 4.69. The van der Waals surface area contributed by atoms with Gasteiger partial charge in [0.2, 0.25) is 0 Å². The van der Waals surface area contributed by atoms with Crippen molar-refractivity contribution in [2.24, 2.45) is 5.92 Å². The number of halogens is 2. The summed E-state index contributed by atoms with van der Waals surface area (Å²) in [6.45, 7) is 2.11. The molecule has 1 spiro atoms. The molecule has 1 atom stereocenters. The quantitative estimate of drug-likeness (QED) is 0.889. The Bertz CT molecular complexity index is 573. The molecule has 2 aliphatic heterocycles. The van der Waals surface area contributed by atoms with E-state index in [9.17, 15) is 18.7 Å². The van der Waals surface area contributed by atoms with Crippen molar-refractivity contribution >= 4 is 5.91 Å². The Labute approximate surface area is 122 Å². The molecule has 114 valence electrons. The van der Waals surface area contributed by atoms with E-state index in [1.807, 2.05) is 7.05 Å². The van der Waals surface area contributed by atoms with Crippen LogP contribution in [0.5, 0.6) is 0 Å². The van der Waals surface area contributed by atoms with E-state index in [0.29, 0.717) is 13.1 Å². The van der Waals surface area contributed by atoms with Crippen molar-refractivity contribution in [2.75, 3.05) is 33.3 Å². The number of rotatable bonds is 2. The fraction of sp³-hybridized carbons (Fsp3) is 0.533. The maximum absolute atomic E-state index is 13.2. The van der Waals surface area contributed by atoms with Crippen molar-refractivity contribution < 1.29 is 18.7 Å². The highest BCUT2D eigenvalue weighted by Crippen LogP contribution is 2.39. The molecule has 1 aromatic carbocycles. The molecule has 1 N–H and O–H groups in total. The van der Waals surface area contributed by atoms with Gasteiger partial charge in [0.25, 0.3) is 5.91 Å². The highest BCUT2D eigenvalue weighted by atomic mass is 19.2. The highest BCUT2D eigenvalue weighted by molar-refractivity contribution is 5.95. The minimum absolute atomic E-state index is 0.0678. The second-order valence-corrected chi connectivity index (χ2v) is 6.15. The van der Waals surface area contributed by atoms with Crippen molar-refractivity contribution in [3.05, 3.63) is 35.4 Å². The minimum atomic E-state index is -1.01. The largest absolute Gasteiger partial charge is 0.396 e. The van der Waals surface area contributed by atoms with Gasteiger partial charge in [0.05, 0.1) is 5.54 Å². The Balaban J connectivity index is 1.68. The summed E-state index contributed by atoms with van der Waals surface area (Å²) in [7, 11) is 2.00. The number of aliphatic hydroxyl groups is 1. The van der Waals surface area contributed by atoms with Gasteiger partial charge in [-0.15, -0.1) is 0 Å². The number of likely N-dealkylation sites (tertiary alicyclic amines) is 2. The van der Waals surface area contributed by atoms with Crippen LogP contribution in [0.4, 0.5) is 8.78 Å². The molecule has 0 radical (unpaired) electrons. The van der Waals surface area contributed by atoms with Gasteiger partial charge < -0.3 is 10.0 Å². The molecule has 0 unspecified atom stereocenters. The summed E-state index contributed by atoms with van der Waals surface area (Å²) in [5.74, 6) is -1.99. The van der Waals surface area contributed by atoms with Crippen molar-refractivity contribution in [1.29, 1.82) is 0 Å². The average molecular weight is 296 g/mol. The van der Waals surface area contributed by atoms with Gasteiger partial charge in [-0.1, -0.05) is 0 Å². The number of hydrogen-bond acceptors (Lipinski definition) is 3. The van der Waals surface area contributed by atoms with Crippen LogP contribution in [0.15, 0.2) is 18.2 Å². The fourth-order valence-electron chi connectivity index (χ4n) is 3.45. The zero-order chi connectivity index (χ0) is 15.2. The summed E-state index contributed by atoms with van der Waals surface area (Å²) < 4.78 is 26.1. The second-order valence-electron chi connectivity index (χ2n) is 6.15. The highest BCUT2D eigenvalue weighted by Gasteiger charge is 2.52. The van der Waals surface area contributed by atoms with Gasteiger partial charge in [0.15, 0.2) is 11.6 Å². The first-order chi connectivity index (χ1) is 9.95. The molecule has 0 aliphatic carbocycles. The Hall–Kier alpha value is -1.53. The van der Waals surface area contributed by atoms with Crippen LogP contribution >= 0.6 is 0 Å². The van der Waals surface area contributed by atoms with Crippen LogP contribution in [-0.4, -0.2) is 59.6 Å². The fourth-order valence-corrected chi connectivity index (χ4v) is 3.45. The maximum Gasteiger partial charge on any atom is 0.254 e. The van der Waals surface area contributed by atoms with Crippen LogP contribution in [0.1, 0.15) is 16.8 Å². The number of nitrogens with zero attached hydrogens (tertiary/aromatic N) is 2. The molecular weight excluding hydrogens is 278 g/mol. The Morgan fingerprint density at radius 1 is 1.38 bits per heavy atom. The van der Waals surface area contributed by atoms with Crippen molar-refractivity contribution in [2.45, 2.75) is 12.0 Å². The third kappa shape index (κ3) is 2.32. The smallest absolute Gasteiger partial charge is 0.254 e. The SMILES string of the molecule is CN1C[C@@H](CO)CC12CN(C(=O)c1ccc(F)c(F)c1)C2. The lowest BCUT2D eigenvalue weighted by Gasteiger charge is -2.52. The van der Waals surface area contributed by atoms with Crippen molar-refractivity contribution in [3.8, 4) is 0 Å². The number of aliphatic hydroxyl groups excluding tert-OH is 1. The van der Waals surface area contributed by atoms with E-state index in [-0.39, 0.29) is 29.5 Å². The van der Waals surface area contributed by atoms with Gasteiger partial charge in [-0.2, -0.15) is 0 Å². The topological polar surface area (TPSA) is 43.8 Å². The van der Waals surface area contributed by atoms with E-state index >= 15 is 0 Å². The Morgan fingerprint density at radius 2 is 2.10 bits per heavy atom. The molecule has 6 heteroatoms. The van der Waals surface area contributed by atoms with Crippen LogP contribution in [0.25, 0.3) is 0 Å². The van der Waals surface area contributed by atoms with Gasteiger partial charge in [-0.3, -0.25) is 9.69 Å². The van der Waals surface area contributed by atoms with E-state index < -0.39 is 11.6 Å². The van der Waals surface area contributed by atoms with E-state index in [1.165, 1.54) is 6.07 Å². The standard InChI is InChI=1S/C15H18F2N2O2/c1-18-6-10(7-20)5-15(18)8-19(9-15)14(21)11-2-3-12(16)13(17)4-11/h2-4,10,20H,5-9H2,1H3/t10-/m0/s1. The molecule has 2 fully saturated rings. The summed E-state index contributed by atoms with van der Waals surface area (Å²) in [5, 5.41) is 9.26. The molecule has 3 rings (SSSR count). The molecule has 1 aromatic rings. The summed E-state index contributed by atoms with van der Waals surface area (Å²) in [4.78, 5) is 16.1. The lowest BCUT2D eigenvalue weighted by molar-refractivity contribution is -0.00777. The number of hydrogen-bond donors (Lipinski definition) is 1. The number of carbonyl (C=O) groups is 1. The Morgan fingerprint density at radius 3 is 2.67 bits per heavy atom. The number of benzene rings is 1. The molecule has 0 aromatic heterocycles. The summed E-state index contributed by atoms with van der Waals surface area (Å²) in [6.07, 6.45) is 0.863. The molecule has 0 saturated carbocycles. The normalized spacial score (nSPS) is 24.4. The van der Waals surface area contributed by atoms with E-state index in [0.717, 1.165) is 25.1 Å². The maximum atomic E-state index is 13.2. The molecule has 4 nitrogen and oxygen atoms in total. The summed E-state index contributed by atoms with van der Waals surface area (Å²) in [5.41, 5.74) is 0.102. The van der Waals surface area contributed by atoms with Crippen LogP contribution in [0.2, 0.25) is 0 Å². The van der Waals surface area contributed by atoms with Crippen LogP contribution in [0.3, 0.4) is 0 Å². The lowest BCUT2D eigenvalue weighted by Crippen LogP contribution is -2.68. The third-order valence-corrected chi connectivity index (χ3v) is 4.69. The predicted octanol–water partition coefficient (Wildman–Crippen LogP) is 1.10. The van der Waals surface area contributed by atoms with Gasteiger partial charge >= 0.3 is 0 Å². The molecule has 1 amide bonds. The number of amides is 1. The van der Waals surface area contributed by atoms with Crippen LogP contribution in [-0.2, 0) is 0 Å². The van der Waals surface area contributed by atoms with E-state index in [2.05, 4.69) is 4.90 Å². The number of carbonyl (C=O) groups excluding carboxylic acids is 1. The first-order valence-electron chi connectivity index (χ1n) is 7.01. The van der Waals surface area contributed by atoms with Gasteiger partial charge in [0, 0.05) is 31.8 Å². The molecule has 2 aliphatic rings. The van der Waals surface area contributed by atoms with Gasteiger partial charge in [-0.05, 0) is 37.6 Å². The van der Waals surface area contributed by atoms with Gasteiger partial charge in [-0.25, -0.2) is 8.78 Å². The van der Waals surface area contributed by atoms with E-state index in [1.54, 1.807) is 4.90 Å². The monoisotopic (exact) mass is 296 g/mol.